The number of carbonyl (C=O) groups is 2. The van der Waals surface area contributed by atoms with Crippen LogP contribution in [-0.2, 0) is 9.59 Å². The normalized spacial score (nSPS) is 52.6. The maximum Gasteiger partial charge on any atom is 0.143 e. The van der Waals surface area contributed by atoms with Crippen LogP contribution in [0, 0.1) is 35.0 Å². The fourth-order valence-corrected chi connectivity index (χ4v) is 4.62. The molecule has 86 valence electrons. The maximum atomic E-state index is 12.3. The van der Waals surface area contributed by atoms with Gasteiger partial charge in [-0.3, -0.25) is 9.59 Å². The summed E-state index contributed by atoms with van der Waals surface area (Å²) < 4.78 is 0. The van der Waals surface area contributed by atoms with Gasteiger partial charge in [0.15, 0.2) is 0 Å². The molecule has 0 spiro atoms. The van der Waals surface area contributed by atoms with Crippen LogP contribution < -0.4 is 0 Å². The van der Waals surface area contributed by atoms with Gasteiger partial charge in [-0.15, -0.1) is 6.58 Å². The molecule has 16 heavy (non-hydrogen) atoms. The zero-order valence-electron chi connectivity index (χ0n) is 9.90. The first kappa shape index (κ1) is 10.2. The SMILES string of the molecule is C=C[C@@H]1C[C@@H]2[C@H]3C(C(=O)[C@@]2(C)CC(C)=O)C31. The Morgan fingerprint density at radius 3 is 2.75 bits per heavy atom. The molecular weight excluding hydrogens is 200 g/mol. The van der Waals surface area contributed by atoms with Crippen molar-refractivity contribution in [3.05, 3.63) is 12.7 Å². The molecule has 0 aromatic heterocycles. The van der Waals surface area contributed by atoms with Gasteiger partial charge in [0.2, 0.25) is 0 Å². The number of Topliss-reactive ketones (excluding diaryl/α,β-unsaturated/α-hetero) is 2. The third-order valence-corrected chi connectivity index (χ3v) is 5.22. The summed E-state index contributed by atoms with van der Waals surface area (Å²) in [5.41, 5.74) is -0.352. The van der Waals surface area contributed by atoms with Crippen LogP contribution in [-0.4, -0.2) is 11.6 Å². The van der Waals surface area contributed by atoms with E-state index in [1.165, 1.54) is 0 Å². The summed E-state index contributed by atoms with van der Waals surface area (Å²) in [4.78, 5) is 23.7. The van der Waals surface area contributed by atoms with E-state index >= 15 is 0 Å². The lowest BCUT2D eigenvalue weighted by Crippen LogP contribution is -2.33. The lowest BCUT2D eigenvalue weighted by atomic mass is 9.73. The number of ketones is 2. The Kier molecular flexibility index (Phi) is 1.82. The highest BCUT2D eigenvalue weighted by Gasteiger charge is 2.76. The summed E-state index contributed by atoms with van der Waals surface area (Å²) >= 11 is 0. The molecule has 0 aliphatic heterocycles. The minimum Gasteiger partial charge on any atom is -0.300 e. The molecule has 3 aliphatic carbocycles. The van der Waals surface area contributed by atoms with Crippen LogP contribution in [0.3, 0.4) is 0 Å². The first-order chi connectivity index (χ1) is 7.50. The van der Waals surface area contributed by atoms with Crippen molar-refractivity contribution in [1.29, 1.82) is 0 Å². The standard InChI is InChI=1S/C14H18O2/c1-4-8-5-9-11-10(8)12(11)13(16)14(9,3)6-7(2)15/h4,8-12H,1,5-6H2,2-3H3/t8-,9-,10?,11-,12?,14+/m1/s1. The van der Waals surface area contributed by atoms with Crippen molar-refractivity contribution in [3.8, 4) is 0 Å². The third-order valence-electron chi connectivity index (χ3n) is 5.22. The van der Waals surface area contributed by atoms with E-state index in [9.17, 15) is 9.59 Å². The van der Waals surface area contributed by atoms with Crippen LogP contribution in [0.4, 0.5) is 0 Å². The van der Waals surface area contributed by atoms with E-state index in [0.29, 0.717) is 35.9 Å². The van der Waals surface area contributed by atoms with E-state index in [-0.39, 0.29) is 17.1 Å². The van der Waals surface area contributed by atoms with Gasteiger partial charge in [0.1, 0.15) is 11.6 Å². The molecule has 0 heterocycles. The second-order valence-electron chi connectivity index (χ2n) is 6.08. The van der Waals surface area contributed by atoms with Crippen LogP contribution in [0.5, 0.6) is 0 Å². The maximum absolute atomic E-state index is 12.3. The zero-order chi connectivity index (χ0) is 11.7. The van der Waals surface area contributed by atoms with Crippen LogP contribution >= 0.6 is 0 Å². The molecule has 2 heteroatoms. The summed E-state index contributed by atoms with van der Waals surface area (Å²) in [7, 11) is 0. The summed E-state index contributed by atoms with van der Waals surface area (Å²) in [6, 6.07) is 0. The van der Waals surface area contributed by atoms with E-state index in [0.717, 1.165) is 6.42 Å². The zero-order valence-corrected chi connectivity index (χ0v) is 9.90. The lowest BCUT2D eigenvalue weighted by Gasteiger charge is -2.29. The average Bonchev–Trinajstić information content (AvgIpc) is 2.75. The van der Waals surface area contributed by atoms with Crippen molar-refractivity contribution in [1.82, 2.24) is 0 Å². The predicted octanol–water partition coefficient (Wildman–Crippen LogP) is 2.24. The van der Waals surface area contributed by atoms with E-state index in [1.807, 2.05) is 13.0 Å². The molecule has 2 unspecified atom stereocenters. The van der Waals surface area contributed by atoms with Crippen molar-refractivity contribution in [2.24, 2.45) is 35.0 Å². The van der Waals surface area contributed by atoms with E-state index < -0.39 is 0 Å². The smallest absolute Gasteiger partial charge is 0.143 e. The highest BCUT2D eigenvalue weighted by atomic mass is 16.1. The number of rotatable bonds is 3. The van der Waals surface area contributed by atoms with E-state index in [2.05, 4.69) is 6.58 Å². The van der Waals surface area contributed by atoms with Gasteiger partial charge in [-0.25, -0.2) is 0 Å². The number of fused-ring (bicyclic) bond motifs is 1. The van der Waals surface area contributed by atoms with Crippen LogP contribution in [0.15, 0.2) is 12.7 Å². The molecule has 0 N–H and O–H groups in total. The Bertz CT molecular complexity index is 398. The van der Waals surface area contributed by atoms with Crippen molar-refractivity contribution in [2.75, 3.05) is 0 Å². The third kappa shape index (κ3) is 0.982. The molecule has 0 bridgehead atoms. The Morgan fingerprint density at radius 2 is 2.25 bits per heavy atom. The second-order valence-corrected chi connectivity index (χ2v) is 6.08. The van der Waals surface area contributed by atoms with Crippen molar-refractivity contribution >= 4 is 11.6 Å². The molecule has 6 atom stereocenters. The molecule has 3 saturated carbocycles. The molecule has 2 nitrogen and oxygen atoms in total. The fraction of sp³-hybridized carbons (Fsp3) is 0.714. The first-order valence-corrected chi connectivity index (χ1v) is 6.17. The molecule has 0 amide bonds. The number of allylic oxidation sites excluding steroid dienone is 1. The highest BCUT2D eigenvalue weighted by molar-refractivity contribution is 5.97. The molecule has 0 aromatic rings. The Labute approximate surface area is 96.1 Å². The second kappa shape index (κ2) is 2.85. The largest absolute Gasteiger partial charge is 0.300 e. The summed E-state index contributed by atoms with van der Waals surface area (Å²) in [5.74, 6) is 2.92. The molecule has 3 rings (SSSR count). The summed E-state index contributed by atoms with van der Waals surface area (Å²) in [6.45, 7) is 7.48. The Balaban J connectivity index is 1.92. The summed E-state index contributed by atoms with van der Waals surface area (Å²) in [6.07, 6.45) is 3.54. The molecule has 0 aromatic carbocycles. The van der Waals surface area contributed by atoms with Crippen LogP contribution in [0.2, 0.25) is 0 Å². The minimum absolute atomic E-state index is 0.149. The average molecular weight is 218 g/mol. The molecule has 3 fully saturated rings. The Hall–Kier alpha value is -0.920. The number of hydrogen-bond acceptors (Lipinski definition) is 2. The molecule has 0 radical (unpaired) electrons. The van der Waals surface area contributed by atoms with Crippen LogP contribution in [0.1, 0.15) is 26.7 Å². The number of carbonyl (C=O) groups excluding carboxylic acids is 2. The summed E-state index contributed by atoms with van der Waals surface area (Å²) in [5, 5.41) is 0. The van der Waals surface area contributed by atoms with Gasteiger partial charge in [-0.05, 0) is 37.0 Å². The van der Waals surface area contributed by atoms with Gasteiger partial charge >= 0.3 is 0 Å². The van der Waals surface area contributed by atoms with E-state index in [4.69, 9.17) is 0 Å². The first-order valence-electron chi connectivity index (χ1n) is 6.17. The van der Waals surface area contributed by atoms with Gasteiger partial charge in [0.05, 0.1) is 0 Å². The molecule has 0 saturated heterocycles. The van der Waals surface area contributed by atoms with Gasteiger partial charge in [0.25, 0.3) is 0 Å². The lowest BCUT2D eigenvalue weighted by molar-refractivity contribution is -0.133. The fourth-order valence-electron chi connectivity index (χ4n) is 4.62. The van der Waals surface area contributed by atoms with Crippen LogP contribution in [0.25, 0.3) is 0 Å². The molecular formula is C14H18O2. The minimum atomic E-state index is -0.352. The quantitative estimate of drug-likeness (QED) is 0.681. The van der Waals surface area contributed by atoms with Crippen molar-refractivity contribution < 1.29 is 9.59 Å². The predicted molar refractivity (Wildman–Crippen MR) is 60.7 cm³/mol. The highest BCUT2D eigenvalue weighted by Crippen LogP contribution is 2.74. The van der Waals surface area contributed by atoms with E-state index in [1.54, 1.807) is 6.92 Å². The number of hydrogen-bond donors (Lipinski definition) is 0. The molecule has 3 aliphatic rings. The topological polar surface area (TPSA) is 34.1 Å². The van der Waals surface area contributed by atoms with Gasteiger partial charge in [-0.2, -0.15) is 0 Å². The van der Waals surface area contributed by atoms with Gasteiger partial charge in [-0.1, -0.05) is 13.0 Å². The van der Waals surface area contributed by atoms with Gasteiger partial charge < -0.3 is 0 Å². The van der Waals surface area contributed by atoms with Gasteiger partial charge in [0, 0.05) is 17.8 Å². The van der Waals surface area contributed by atoms with Crippen molar-refractivity contribution in [2.45, 2.75) is 26.7 Å². The van der Waals surface area contributed by atoms with Crippen molar-refractivity contribution in [3.63, 3.8) is 0 Å². The Morgan fingerprint density at radius 1 is 1.56 bits per heavy atom. The monoisotopic (exact) mass is 218 g/mol.